The Hall–Kier alpha value is -3.83. The summed E-state index contributed by atoms with van der Waals surface area (Å²) in [5.41, 5.74) is 5.27. The molecular formula is C19H17N7O7S3. The molecule has 0 spiro atoms. The molecule has 17 heteroatoms. The number of hydrogen-bond acceptors (Lipinski definition) is 14. The largest absolute Gasteiger partial charge is 0.477 e. The molecule has 1 fully saturated rings. The van der Waals surface area contributed by atoms with Crippen LogP contribution in [0.3, 0.4) is 0 Å². The number of carboxylic acids is 1. The Balaban J connectivity index is 1.59. The minimum atomic E-state index is -1.35. The number of carbonyl (C=O) groups is 4. The van der Waals surface area contributed by atoms with Crippen LogP contribution in [0.1, 0.15) is 15.7 Å². The number of nitrogens with zero attached hydrogens (tertiary/aromatic N) is 5. The number of anilines is 1. The van der Waals surface area contributed by atoms with Gasteiger partial charge in [0.15, 0.2) is 15.9 Å². The second-order valence-electron chi connectivity index (χ2n) is 7.11. The number of rotatable bonds is 8. The Morgan fingerprint density at radius 2 is 2.11 bits per heavy atom. The average molecular weight is 552 g/mol. The van der Waals surface area contributed by atoms with Gasteiger partial charge in [-0.15, -0.1) is 21.5 Å². The normalized spacial score (nSPS) is 19.5. The van der Waals surface area contributed by atoms with Gasteiger partial charge in [0.1, 0.15) is 27.8 Å². The number of ether oxygens (including phenoxy) is 1. The zero-order chi connectivity index (χ0) is 26.1. The van der Waals surface area contributed by atoms with Gasteiger partial charge in [-0.05, 0) is 6.92 Å². The quantitative estimate of drug-likeness (QED) is 0.174. The van der Waals surface area contributed by atoms with Crippen molar-refractivity contribution in [2.24, 2.45) is 5.16 Å². The van der Waals surface area contributed by atoms with E-state index < -0.39 is 41.8 Å². The Kier molecular flexibility index (Phi) is 7.04. The maximum Gasteiger partial charge on any atom is 0.353 e. The van der Waals surface area contributed by atoms with E-state index in [0.717, 1.165) is 35.1 Å². The summed E-state index contributed by atoms with van der Waals surface area (Å²) >= 11 is 3.32. The number of amides is 2. The maximum absolute atomic E-state index is 13.0. The molecule has 36 heavy (non-hydrogen) atoms. The van der Waals surface area contributed by atoms with E-state index >= 15 is 0 Å². The van der Waals surface area contributed by atoms with Crippen molar-refractivity contribution in [3.63, 3.8) is 0 Å². The van der Waals surface area contributed by atoms with Crippen LogP contribution >= 0.6 is 34.4 Å². The minimum absolute atomic E-state index is 0.0595. The zero-order valence-corrected chi connectivity index (χ0v) is 21.0. The first-order valence-corrected chi connectivity index (χ1v) is 12.5. The van der Waals surface area contributed by atoms with Gasteiger partial charge in [0.05, 0.1) is 12.7 Å². The molecule has 1 saturated heterocycles. The highest BCUT2D eigenvalue weighted by atomic mass is 32.2. The molecule has 2 aliphatic heterocycles. The number of thioether (sulfide) groups is 1. The van der Waals surface area contributed by atoms with Crippen LogP contribution < -0.4 is 11.1 Å². The summed E-state index contributed by atoms with van der Waals surface area (Å²) in [5, 5.41) is 25.7. The van der Waals surface area contributed by atoms with Crippen molar-refractivity contribution in [3.05, 3.63) is 38.3 Å². The first kappa shape index (κ1) is 25.3. The number of esters is 1. The minimum Gasteiger partial charge on any atom is -0.477 e. The number of aryl methyl sites for hydroxylation is 1. The summed E-state index contributed by atoms with van der Waals surface area (Å²) in [7, 11) is 1.16. The predicted octanol–water partition coefficient (Wildman–Crippen LogP) is 0.188. The molecule has 4 heterocycles. The number of allylic oxidation sites excluding steroid dienone is 1. The van der Waals surface area contributed by atoms with Crippen LogP contribution in [-0.2, 0) is 28.8 Å². The topological polar surface area (TPSA) is 199 Å². The second kappa shape index (κ2) is 10.0. The van der Waals surface area contributed by atoms with Gasteiger partial charge in [-0.1, -0.05) is 34.8 Å². The summed E-state index contributed by atoms with van der Waals surface area (Å²) in [6.07, 6.45) is 0. The lowest BCUT2D eigenvalue weighted by Gasteiger charge is -2.49. The molecule has 2 aliphatic rings. The Morgan fingerprint density at radius 3 is 2.69 bits per heavy atom. The van der Waals surface area contributed by atoms with Gasteiger partial charge in [0.2, 0.25) is 6.61 Å². The van der Waals surface area contributed by atoms with Crippen molar-refractivity contribution >= 4 is 74.6 Å². The Labute approximate surface area is 214 Å². The SMILES string of the molecule is C=C1SC2C(NC(=O)/C(=N\OCC(=O)OC)c3csc(N)n3)C(=O)N2C(C(=O)O)=C1c1nnc(C)s1. The third-order valence-electron chi connectivity index (χ3n) is 4.84. The monoisotopic (exact) mass is 551 g/mol. The molecule has 2 atom stereocenters. The van der Waals surface area contributed by atoms with Gasteiger partial charge in [-0.25, -0.2) is 14.6 Å². The van der Waals surface area contributed by atoms with Gasteiger partial charge >= 0.3 is 11.9 Å². The van der Waals surface area contributed by atoms with Crippen LogP contribution in [0.25, 0.3) is 5.57 Å². The molecule has 4 rings (SSSR count). The molecule has 0 aromatic carbocycles. The number of oxime groups is 1. The number of aromatic nitrogens is 3. The highest BCUT2D eigenvalue weighted by Crippen LogP contribution is 2.49. The molecule has 0 radical (unpaired) electrons. The van der Waals surface area contributed by atoms with Crippen LogP contribution in [0, 0.1) is 6.92 Å². The lowest BCUT2D eigenvalue weighted by Crippen LogP contribution is -2.70. The van der Waals surface area contributed by atoms with Crippen LogP contribution in [0.4, 0.5) is 5.13 Å². The van der Waals surface area contributed by atoms with E-state index in [1.165, 1.54) is 16.7 Å². The molecule has 0 bridgehead atoms. The third kappa shape index (κ3) is 4.67. The number of nitrogens with one attached hydrogen (secondary N) is 1. The first-order valence-electron chi connectivity index (χ1n) is 9.88. The zero-order valence-electron chi connectivity index (χ0n) is 18.6. The van der Waals surface area contributed by atoms with Gasteiger partial charge in [0.25, 0.3) is 11.8 Å². The van der Waals surface area contributed by atoms with Crippen molar-refractivity contribution in [3.8, 4) is 0 Å². The summed E-state index contributed by atoms with van der Waals surface area (Å²) in [6, 6.07) is -1.10. The fourth-order valence-electron chi connectivity index (χ4n) is 3.26. The average Bonchev–Trinajstić information content (AvgIpc) is 3.46. The summed E-state index contributed by atoms with van der Waals surface area (Å²) in [6.45, 7) is 5.09. The molecule has 2 amide bonds. The summed E-state index contributed by atoms with van der Waals surface area (Å²) in [5.74, 6) is -3.58. The van der Waals surface area contributed by atoms with E-state index in [2.05, 4.69) is 37.0 Å². The van der Waals surface area contributed by atoms with Gasteiger partial charge in [0, 0.05) is 10.3 Å². The van der Waals surface area contributed by atoms with Gasteiger partial charge in [-0.3, -0.25) is 14.5 Å². The summed E-state index contributed by atoms with van der Waals surface area (Å²) < 4.78 is 4.46. The van der Waals surface area contributed by atoms with E-state index in [1.807, 2.05) is 0 Å². The standard InChI is InChI=1S/C19H17N7O7S3/c1-6-10(15-24-23-7(2)36-15)13(18(30)31)26-16(29)12(17(26)35-6)22-14(28)11(8-5-34-19(20)21-8)25-33-4-9(27)32-3/h5,12,17H,1,4H2,2-3H3,(H2,20,21)(H,22,28)(H,30,31)/b25-11-. The van der Waals surface area contributed by atoms with Crippen molar-refractivity contribution in [2.75, 3.05) is 19.5 Å². The number of nitrogens with two attached hydrogens (primary N) is 1. The van der Waals surface area contributed by atoms with E-state index in [0.29, 0.717) is 14.9 Å². The number of nitrogen functional groups attached to an aromatic ring is 1. The van der Waals surface area contributed by atoms with Crippen molar-refractivity contribution in [1.29, 1.82) is 0 Å². The molecule has 0 aliphatic carbocycles. The third-order valence-corrected chi connectivity index (χ3v) is 7.58. The highest BCUT2D eigenvalue weighted by molar-refractivity contribution is 8.04. The van der Waals surface area contributed by atoms with E-state index in [-0.39, 0.29) is 27.8 Å². The van der Waals surface area contributed by atoms with Gasteiger partial charge < -0.3 is 25.7 Å². The van der Waals surface area contributed by atoms with Crippen LogP contribution in [0.15, 0.2) is 27.7 Å². The number of thiazole rings is 1. The fourth-order valence-corrected chi connectivity index (χ4v) is 5.88. The number of fused-ring (bicyclic) bond motifs is 1. The molecule has 14 nitrogen and oxygen atoms in total. The fraction of sp³-hybridized carbons (Fsp3) is 0.263. The lowest BCUT2D eigenvalue weighted by molar-refractivity contribution is -0.149. The molecule has 4 N–H and O–H groups in total. The first-order chi connectivity index (χ1) is 17.1. The Morgan fingerprint density at radius 1 is 1.36 bits per heavy atom. The molecule has 2 unspecified atom stereocenters. The van der Waals surface area contributed by atoms with Crippen LogP contribution in [-0.4, -0.2) is 79.8 Å². The smallest absolute Gasteiger partial charge is 0.353 e. The number of methoxy groups -OCH3 is 1. The number of aliphatic carboxylic acids is 1. The van der Waals surface area contributed by atoms with Crippen molar-refractivity contribution in [2.45, 2.75) is 18.3 Å². The predicted molar refractivity (Wildman–Crippen MR) is 130 cm³/mol. The molecule has 188 valence electrons. The van der Waals surface area contributed by atoms with E-state index in [1.54, 1.807) is 6.92 Å². The van der Waals surface area contributed by atoms with E-state index in [9.17, 15) is 24.3 Å². The van der Waals surface area contributed by atoms with Crippen molar-refractivity contribution in [1.82, 2.24) is 25.4 Å². The molecule has 2 aromatic heterocycles. The maximum atomic E-state index is 13.0. The number of carboxylic acid groups (broad SMARTS) is 1. The highest BCUT2D eigenvalue weighted by Gasteiger charge is 2.56. The van der Waals surface area contributed by atoms with Crippen molar-refractivity contribution < 1.29 is 33.9 Å². The molecule has 0 saturated carbocycles. The van der Waals surface area contributed by atoms with Crippen LogP contribution in [0.2, 0.25) is 0 Å². The second-order valence-corrected chi connectivity index (χ2v) is 10.4. The lowest BCUT2D eigenvalue weighted by atomic mass is 10.0. The van der Waals surface area contributed by atoms with Gasteiger partial charge in [-0.2, -0.15) is 0 Å². The number of carbonyl (C=O) groups excluding carboxylic acids is 3. The molecular weight excluding hydrogens is 534 g/mol. The Bertz CT molecular complexity index is 1350. The van der Waals surface area contributed by atoms with Crippen LogP contribution in [0.5, 0.6) is 0 Å². The summed E-state index contributed by atoms with van der Waals surface area (Å²) in [4.78, 5) is 59.8. The number of hydrogen-bond donors (Lipinski definition) is 3. The van der Waals surface area contributed by atoms with E-state index in [4.69, 9.17) is 10.6 Å². The number of β-lactam (4-membered cyclic amide) rings is 1. The molecule has 2 aromatic rings.